The van der Waals surface area contributed by atoms with E-state index in [-0.39, 0.29) is 11.6 Å². The molecule has 0 unspecified atom stereocenters. The summed E-state index contributed by atoms with van der Waals surface area (Å²) in [4.78, 5) is 24.8. The molecule has 3 aromatic rings. The third-order valence-electron chi connectivity index (χ3n) is 4.09. The minimum absolute atomic E-state index is 0.0364. The number of pyridine rings is 1. The number of ether oxygens (including phenoxy) is 2. The fourth-order valence-electron chi connectivity index (χ4n) is 2.67. The number of amides is 1. The number of carbonyl (C=O) groups excluding carboxylic acids is 1. The molecule has 9 nitrogen and oxygen atoms in total. The average molecular weight is 430 g/mol. The Bertz CT molecular complexity index is 1030. The van der Waals surface area contributed by atoms with E-state index in [0.717, 1.165) is 0 Å². The van der Waals surface area contributed by atoms with Crippen LogP contribution in [-0.4, -0.2) is 47.7 Å². The zero-order valence-corrected chi connectivity index (χ0v) is 16.5. The Morgan fingerprint density at radius 1 is 1.13 bits per heavy atom. The minimum atomic E-state index is -2.96. The van der Waals surface area contributed by atoms with Crippen molar-refractivity contribution in [1.29, 1.82) is 0 Å². The molecular weight excluding hydrogens is 410 g/mol. The van der Waals surface area contributed by atoms with Crippen LogP contribution in [0.25, 0.3) is 22.5 Å². The van der Waals surface area contributed by atoms with Gasteiger partial charge in [-0.2, -0.15) is 8.78 Å². The number of nitrogens with two attached hydrogens (primary N) is 1. The van der Waals surface area contributed by atoms with Gasteiger partial charge in [0.15, 0.2) is 0 Å². The zero-order chi connectivity index (χ0) is 22.2. The van der Waals surface area contributed by atoms with Crippen molar-refractivity contribution in [2.24, 2.45) is 5.84 Å². The Morgan fingerprint density at radius 3 is 2.55 bits per heavy atom. The lowest BCUT2D eigenvalue weighted by Gasteiger charge is -2.10. The van der Waals surface area contributed by atoms with Crippen molar-refractivity contribution < 1.29 is 23.0 Å². The zero-order valence-electron chi connectivity index (χ0n) is 16.5. The Hall–Kier alpha value is -3.70. The first-order valence-electron chi connectivity index (χ1n) is 9.14. The van der Waals surface area contributed by atoms with Crippen molar-refractivity contribution in [3.63, 3.8) is 0 Å². The van der Waals surface area contributed by atoms with Gasteiger partial charge in [0.1, 0.15) is 11.6 Å². The number of aromatic nitrogens is 3. The minimum Gasteiger partial charge on any atom is -0.435 e. The van der Waals surface area contributed by atoms with Gasteiger partial charge in [0.2, 0.25) is 5.82 Å². The fourth-order valence-corrected chi connectivity index (χ4v) is 2.67. The molecule has 0 saturated heterocycles. The van der Waals surface area contributed by atoms with Crippen molar-refractivity contribution >= 4 is 11.7 Å². The van der Waals surface area contributed by atoms with E-state index in [2.05, 4.69) is 25.0 Å². The second-order valence-corrected chi connectivity index (χ2v) is 6.19. The second kappa shape index (κ2) is 10.4. The molecule has 0 aliphatic heterocycles. The van der Waals surface area contributed by atoms with Gasteiger partial charge in [-0.1, -0.05) is 12.1 Å². The Kier molecular flexibility index (Phi) is 7.35. The summed E-state index contributed by atoms with van der Waals surface area (Å²) < 4.78 is 34.5. The van der Waals surface area contributed by atoms with E-state index in [1.165, 1.54) is 12.1 Å². The molecule has 11 heteroatoms. The first-order chi connectivity index (χ1) is 15.0. The highest BCUT2D eigenvalue weighted by Crippen LogP contribution is 2.27. The number of methoxy groups -OCH3 is 1. The van der Waals surface area contributed by atoms with E-state index in [4.69, 9.17) is 10.6 Å². The number of nitrogens with one attached hydrogen (secondary N) is 2. The molecule has 4 N–H and O–H groups in total. The molecule has 162 valence electrons. The highest BCUT2D eigenvalue weighted by molar-refractivity contribution is 5.91. The Balaban J connectivity index is 1.97. The number of halogens is 2. The van der Waals surface area contributed by atoms with Crippen LogP contribution in [0.5, 0.6) is 5.75 Å². The number of benzene rings is 1. The third-order valence-corrected chi connectivity index (χ3v) is 4.09. The summed E-state index contributed by atoms with van der Waals surface area (Å²) in [7, 11) is 1.61. The van der Waals surface area contributed by atoms with E-state index in [1.807, 2.05) is 5.43 Å². The van der Waals surface area contributed by atoms with Crippen LogP contribution in [-0.2, 0) is 4.74 Å². The van der Waals surface area contributed by atoms with E-state index >= 15 is 0 Å². The smallest absolute Gasteiger partial charge is 0.387 e. The summed E-state index contributed by atoms with van der Waals surface area (Å²) in [6.07, 6.45) is 1.59. The normalized spacial score (nSPS) is 10.7. The van der Waals surface area contributed by atoms with Gasteiger partial charge in [-0.05, 0) is 30.3 Å². The van der Waals surface area contributed by atoms with Gasteiger partial charge in [-0.15, -0.1) is 0 Å². The monoisotopic (exact) mass is 430 g/mol. The maximum Gasteiger partial charge on any atom is 0.387 e. The van der Waals surface area contributed by atoms with Crippen LogP contribution < -0.4 is 21.3 Å². The Morgan fingerprint density at radius 2 is 1.90 bits per heavy atom. The fraction of sp³-hybridized carbons (Fsp3) is 0.200. The summed E-state index contributed by atoms with van der Waals surface area (Å²) in [5.41, 5.74) is 3.79. The molecule has 0 bridgehead atoms. The highest BCUT2D eigenvalue weighted by atomic mass is 19.3. The average Bonchev–Trinajstić information content (AvgIpc) is 2.78. The number of carbonyl (C=O) groups is 1. The van der Waals surface area contributed by atoms with Crippen molar-refractivity contribution in [3.8, 4) is 28.3 Å². The van der Waals surface area contributed by atoms with Crippen LogP contribution in [0.3, 0.4) is 0 Å². The summed E-state index contributed by atoms with van der Waals surface area (Å²) in [5.74, 6) is 4.95. The summed E-state index contributed by atoms with van der Waals surface area (Å²) >= 11 is 0. The molecule has 0 spiro atoms. The molecule has 1 aromatic carbocycles. The number of hydrogen-bond donors (Lipinski definition) is 3. The van der Waals surface area contributed by atoms with Crippen LogP contribution in [0.1, 0.15) is 10.6 Å². The molecule has 0 fully saturated rings. The summed E-state index contributed by atoms with van der Waals surface area (Å²) in [6.45, 7) is -1.83. The number of hydrogen-bond acceptors (Lipinski definition) is 8. The third kappa shape index (κ3) is 5.90. The number of anilines is 1. The number of nitrogen functional groups attached to an aromatic ring is 1. The first kappa shape index (κ1) is 22.0. The van der Waals surface area contributed by atoms with Crippen LogP contribution in [0, 0.1) is 0 Å². The van der Waals surface area contributed by atoms with Crippen molar-refractivity contribution in [3.05, 3.63) is 54.5 Å². The maximum atomic E-state index is 12.6. The van der Waals surface area contributed by atoms with Gasteiger partial charge in [-0.25, -0.2) is 20.8 Å². The largest absolute Gasteiger partial charge is 0.435 e. The standard InChI is InChI=1S/C20H20F2N6O3/c1-30-8-7-24-17-6-5-13(11-25-17)16-10-15(26-18(27-16)19(29)28-23)12-3-2-4-14(9-12)31-20(21)22/h2-6,9-11,20H,7-8,23H2,1H3,(H,24,25)(H,28,29). The quantitative estimate of drug-likeness (QED) is 0.205. The number of hydrazine groups is 1. The molecule has 0 saturated carbocycles. The van der Waals surface area contributed by atoms with Gasteiger partial charge in [-0.3, -0.25) is 10.2 Å². The first-order valence-corrected chi connectivity index (χ1v) is 9.14. The van der Waals surface area contributed by atoms with Gasteiger partial charge < -0.3 is 14.8 Å². The van der Waals surface area contributed by atoms with Crippen molar-refractivity contribution in [2.75, 3.05) is 25.6 Å². The van der Waals surface area contributed by atoms with Gasteiger partial charge in [0, 0.05) is 31.0 Å². The number of nitrogens with zero attached hydrogens (tertiary/aromatic N) is 3. The Labute approximate surface area is 176 Å². The number of rotatable bonds is 9. The van der Waals surface area contributed by atoms with E-state index in [0.29, 0.717) is 41.5 Å². The summed E-state index contributed by atoms with van der Waals surface area (Å²) in [5, 5.41) is 3.10. The predicted octanol–water partition coefficient (Wildman–Crippen LogP) is 2.47. The van der Waals surface area contributed by atoms with E-state index in [9.17, 15) is 13.6 Å². The van der Waals surface area contributed by atoms with Gasteiger partial charge in [0.05, 0.1) is 18.0 Å². The molecule has 0 aliphatic carbocycles. The lowest BCUT2D eigenvalue weighted by atomic mass is 10.1. The van der Waals surface area contributed by atoms with E-state index in [1.54, 1.807) is 43.6 Å². The molecule has 0 atom stereocenters. The van der Waals surface area contributed by atoms with Crippen LogP contribution in [0.4, 0.5) is 14.6 Å². The lowest BCUT2D eigenvalue weighted by Crippen LogP contribution is -2.31. The van der Waals surface area contributed by atoms with E-state index < -0.39 is 12.5 Å². The summed E-state index contributed by atoms with van der Waals surface area (Å²) in [6, 6.07) is 11.1. The highest BCUT2D eigenvalue weighted by Gasteiger charge is 2.15. The molecule has 3 rings (SSSR count). The van der Waals surface area contributed by atoms with Crippen molar-refractivity contribution in [1.82, 2.24) is 20.4 Å². The predicted molar refractivity (Wildman–Crippen MR) is 109 cm³/mol. The maximum absolute atomic E-state index is 12.6. The van der Waals surface area contributed by atoms with Gasteiger partial charge in [0.25, 0.3) is 0 Å². The molecule has 0 aliphatic rings. The number of alkyl halides is 2. The molecule has 0 radical (unpaired) electrons. The topological polar surface area (TPSA) is 124 Å². The van der Waals surface area contributed by atoms with Crippen LogP contribution in [0.2, 0.25) is 0 Å². The molecule has 2 aromatic heterocycles. The molecule has 1 amide bonds. The molecule has 2 heterocycles. The molecular formula is C20H20F2N6O3. The van der Waals surface area contributed by atoms with Crippen LogP contribution in [0.15, 0.2) is 48.7 Å². The van der Waals surface area contributed by atoms with Crippen molar-refractivity contribution in [2.45, 2.75) is 6.61 Å². The SMILES string of the molecule is COCCNc1ccc(-c2cc(-c3cccc(OC(F)F)c3)nc(C(=O)NN)n2)cn1. The van der Waals surface area contributed by atoms with Crippen LogP contribution >= 0.6 is 0 Å². The second-order valence-electron chi connectivity index (χ2n) is 6.19. The molecule has 31 heavy (non-hydrogen) atoms. The van der Waals surface area contributed by atoms with Gasteiger partial charge >= 0.3 is 12.5 Å². The lowest BCUT2D eigenvalue weighted by molar-refractivity contribution is -0.0498.